The van der Waals surface area contributed by atoms with Crippen molar-refractivity contribution in [2.24, 2.45) is 5.10 Å². The first-order chi connectivity index (χ1) is 12.7. The first-order valence-corrected chi connectivity index (χ1v) is 8.56. The summed E-state index contributed by atoms with van der Waals surface area (Å²) in [5.74, 6) is -0.695. The fraction of sp³-hybridized carbons (Fsp3) is 0.250. The van der Waals surface area contributed by atoms with Gasteiger partial charge in [-0.25, -0.2) is 9.82 Å². The van der Waals surface area contributed by atoms with E-state index in [1.165, 1.54) is 12.3 Å². The third-order valence-electron chi connectivity index (χ3n) is 3.70. The van der Waals surface area contributed by atoms with Gasteiger partial charge in [0.05, 0.1) is 6.21 Å². The predicted octanol–water partition coefficient (Wildman–Crippen LogP) is 3.27. The highest BCUT2D eigenvalue weighted by molar-refractivity contribution is 5.94. The van der Waals surface area contributed by atoms with Crippen LogP contribution in [0.4, 0.5) is 4.39 Å². The molecule has 2 amide bonds. The maximum Gasteiger partial charge on any atom is 0.251 e. The fourth-order valence-electron chi connectivity index (χ4n) is 2.29. The first-order valence-electron chi connectivity index (χ1n) is 8.56. The Labute approximate surface area is 152 Å². The highest BCUT2D eigenvalue weighted by Crippen LogP contribution is 2.03. The summed E-state index contributed by atoms with van der Waals surface area (Å²) in [5, 5.41) is 6.60. The summed E-state index contributed by atoms with van der Waals surface area (Å²) in [6, 6.07) is 15.2. The van der Waals surface area contributed by atoms with Crippen molar-refractivity contribution < 1.29 is 14.0 Å². The van der Waals surface area contributed by atoms with Gasteiger partial charge < -0.3 is 5.32 Å². The number of unbranched alkanes of at least 4 members (excludes halogenated alkanes) is 2. The monoisotopic (exact) mass is 355 g/mol. The summed E-state index contributed by atoms with van der Waals surface area (Å²) in [7, 11) is 0. The molecule has 136 valence electrons. The number of benzene rings is 2. The van der Waals surface area contributed by atoms with Gasteiger partial charge in [0.2, 0.25) is 5.91 Å². The highest BCUT2D eigenvalue weighted by Gasteiger charge is 2.03. The van der Waals surface area contributed by atoms with Gasteiger partial charge in [-0.1, -0.05) is 42.8 Å². The molecule has 0 atom stereocenters. The van der Waals surface area contributed by atoms with Crippen LogP contribution in [0.5, 0.6) is 0 Å². The van der Waals surface area contributed by atoms with Crippen LogP contribution in [0.1, 0.15) is 41.6 Å². The van der Waals surface area contributed by atoms with Gasteiger partial charge in [-0.05, 0) is 31.0 Å². The Morgan fingerprint density at radius 3 is 2.46 bits per heavy atom. The number of hydrazone groups is 1. The normalized spacial score (nSPS) is 10.7. The van der Waals surface area contributed by atoms with Crippen LogP contribution in [0.25, 0.3) is 0 Å². The molecule has 2 N–H and O–H groups in total. The van der Waals surface area contributed by atoms with Gasteiger partial charge >= 0.3 is 0 Å². The molecule has 0 unspecified atom stereocenters. The first kappa shape index (κ1) is 19.3. The maximum absolute atomic E-state index is 13.4. The molecule has 0 aliphatic carbocycles. The van der Waals surface area contributed by atoms with E-state index in [-0.39, 0.29) is 17.6 Å². The molecule has 0 aliphatic heterocycles. The Morgan fingerprint density at radius 2 is 1.69 bits per heavy atom. The Morgan fingerprint density at radius 1 is 0.962 bits per heavy atom. The Bertz CT molecular complexity index is 748. The topological polar surface area (TPSA) is 70.6 Å². The molecular weight excluding hydrogens is 333 g/mol. The van der Waals surface area contributed by atoms with Crippen LogP contribution in [0.3, 0.4) is 0 Å². The molecule has 0 aliphatic rings. The molecule has 0 saturated carbocycles. The number of amides is 2. The van der Waals surface area contributed by atoms with Crippen LogP contribution in [0.2, 0.25) is 0 Å². The molecular formula is C20H22FN3O2. The molecule has 5 nitrogen and oxygen atoms in total. The summed E-state index contributed by atoms with van der Waals surface area (Å²) < 4.78 is 13.4. The van der Waals surface area contributed by atoms with Gasteiger partial charge in [0.1, 0.15) is 5.82 Å². The second kappa shape index (κ2) is 10.8. The zero-order chi connectivity index (χ0) is 18.6. The van der Waals surface area contributed by atoms with E-state index in [1.807, 2.05) is 18.2 Å². The van der Waals surface area contributed by atoms with Gasteiger partial charge in [0.25, 0.3) is 5.91 Å². The van der Waals surface area contributed by atoms with Gasteiger partial charge in [0, 0.05) is 24.1 Å². The smallest absolute Gasteiger partial charge is 0.251 e. The number of rotatable bonds is 9. The molecule has 6 heteroatoms. The van der Waals surface area contributed by atoms with Crippen LogP contribution in [-0.2, 0) is 4.79 Å². The summed E-state index contributed by atoms with van der Waals surface area (Å²) >= 11 is 0. The Kier molecular flexibility index (Phi) is 7.99. The summed E-state index contributed by atoms with van der Waals surface area (Å²) in [6.07, 6.45) is 3.93. The zero-order valence-electron chi connectivity index (χ0n) is 14.5. The van der Waals surface area contributed by atoms with E-state index in [1.54, 1.807) is 30.3 Å². The van der Waals surface area contributed by atoms with Gasteiger partial charge in [-0.2, -0.15) is 5.10 Å². The van der Waals surface area contributed by atoms with E-state index in [9.17, 15) is 14.0 Å². The van der Waals surface area contributed by atoms with Crippen molar-refractivity contribution in [2.75, 3.05) is 6.54 Å². The summed E-state index contributed by atoms with van der Waals surface area (Å²) in [4.78, 5) is 23.5. The number of nitrogens with one attached hydrogen (secondary N) is 2. The lowest BCUT2D eigenvalue weighted by Gasteiger charge is -2.05. The summed E-state index contributed by atoms with van der Waals surface area (Å²) in [5.41, 5.74) is 3.34. The largest absolute Gasteiger partial charge is 0.352 e. The molecule has 2 rings (SSSR count). The minimum absolute atomic E-state index is 0.0918. The van der Waals surface area contributed by atoms with Crippen molar-refractivity contribution in [1.82, 2.24) is 10.7 Å². The van der Waals surface area contributed by atoms with Crippen molar-refractivity contribution in [3.05, 3.63) is 71.5 Å². The lowest BCUT2D eigenvalue weighted by molar-refractivity contribution is -0.121. The lowest BCUT2D eigenvalue weighted by Crippen LogP contribution is -2.24. The van der Waals surface area contributed by atoms with Crippen molar-refractivity contribution in [3.63, 3.8) is 0 Å². The van der Waals surface area contributed by atoms with Crippen LogP contribution < -0.4 is 10.7 Å². The second-order valence-electron chi connectivity index (χ2n) is 5.75. The number of carbonyl (C=O) groups excluding carboxylic acids is 2. The third-order valence-corrected chi connectivity index (χ3v) is 3.70. The van der Waals surface area contributed by atoms with E-state index in [0.717, 1.165) is 12.8 Å². The van der Waals surface area contributed by atoms with Gasteiger partial charge in [-0.15, -0.1) is 0 Å². The number of halogens is 1. The molecule has 0 bridgehead atoms. The SMILES string of the molecule is O=C(CCCCCNC(=O)c1ccccc1)NN=Cc1ccccc1F. The minimum atomic E-state index is -0.386. The van der Waals surface area contributed by atoms with Crippen LogP contribution >= 0.6 is 0 Å². The fourth-order valence-corrected chi connectivity index (χ4v) is 2.29. The Balaban J connectivity index is 1.55. The van der Waals surface area contributed by atoms with Crippen molar-refractivity contribution in [1.29, 1.82) is 0 Å². The Hall–Kier alpha value is -3.02. The average molecular weight is 355 g/mol. The second-order valence-corrected chi connectivity index (χ2v) is 5.75. The van der Waals surface area contributed by atoms with E-state index >= 15 is 0 Å². The third kappa shape index (κ3) is 6.84. The highest BCUT2D eigenvalue weighted by atomic mass is 19.1. The summed E-state index contributed by atoms with van der Waals surface area (Å²) in [6.45, 7) is 0.570. The quantitative estimate of drug-likeness (QED) is 0.412. The molecule has 0 heterocycles. The minimum Gasteiger partial charge on any atom is -0.352 e. The molecule has 0 fully saturated rings. The lowest BCUT2D eigenvalue weighted by atomic mass is 10.2. The molecule has 0 aromatic heterocycles. The number of carbonyl (C=O) groups is 2. The average Bonchev–Trinajstić information content (AvgIpc) is 2.66. The van der Waals surface area contributed by atoms with Crippen molar-refractivity contribution in [2.45, 2.75) is 25.7 Å². The van der Waals surface area contributed by atoms with E-state index in [4.69, 9.17) is 0 Å². The van der Waals surface area contributed by atoms with Crippen LogP contribution in [0.15, 0.2) is 59.7 Å². The zero-order valence-corrected chi connectivity index (χ0v) is 14.5. The van der Waals surface area contributed by atoms with Crippen LogP contribution in [0, 0.1) is 5.82 Å². The van der Waals surface area contributed by atoms with Gasteiger partial charge in [-0.3, -0.25) is 9.59 Å². The number of hydrogen-bond donors (Lipinski definition) is 2. The predicted molar refractivity (Wildman–Crippen MR) is 99.4 cm³/mol. The van der Waals surface area contributed by atoms with Crippen molar-refractivity contribution >= 4 is 18.0 Å². The number of hydrogen-bond acceptors (Lipinski definition) is 3. The van der Waals surface area contributed by atoms with Crippen molar-refractivity contribution in [3.8, 4) is 0 Å². The molecule has 26 heavy (non-hydrogen) atoms. The molecule has 0 saturated heterocycles. The van der Waals surface area contributed by atoms with E-state index < -0.39 is 0 Å². The maximum atomic E-state index is 13.4. The standard InChI is InChI=1S/C20H22FN3O2/c21-18-12-7-6-11-17(18)15-23-24-19(25)13-5-2-8-14-22-20(26)16-9-3-1-4-10-16/h1,3-4,6-7,9-12,15H,2,5,8,13-14H2,(H,22,26)(H,24,25). The molecule has 0 radical (unpaired) electrons. The van der Waals surface area contributed by atoms with E-state index in [2.05, 4.69) is 15.8 Å². The molecule has 2 aromatic rings. The van der Waals surface area contributed by atoms with Gasteiger partial charge in [0.15, 0.2) is 0 Å². The molecule has 2 aromatic carbocycles. The molecule has 0 spiro atoms. The van der Waals surface area contributed by atoms with E-state index in [0.29, 0.717) is 30.5 Å². The van der Waals surface area contributed by atoms with Crippen LogP contribution in [-0.4, -0.2) is 24.6 Å². The number of nitrogens with zero attached hydrogens (tertiary/aromatic N) is 1.